The number of rotatable bonds is 2. The van der Waals surface area contributed by atoms with E-state index in [-0.39, 0.29) is 0 Å². The average Bonchev–Trinajstić information content (AvgIpc) is 2.91. The molecule has 0 bridgehead atoms. The highest BCUT2D eigenvalue weighted by Crippen LogP contribution is 2.30. The Balaban J connectivity index is 2.04. The molecule has 3 aromatic rings. The van der Waals surface area contributed by atoms with Gasteiger partial charge in [-0.2, -0.15) is 4.98 Å². The van der Waals surface area contributed by atoms with Crippen LogP contribution in [0.3, 0.4) is 0 Å². The molecule has 0 radical (unpaired) electrons. The molecule has 1 aromatic heterocycles. The second-order valence-corrected chi connectivity index (χ2v) is 5.94. The Labute approximate surface area is 132 Å². The zero-order valence-corrected chi connectivity index (χ0v) is 13.3. The largest absolute Gasteiger partial charge is 0.399 e. The van der Waals surface area contributed by atoms with Crippen molar-refractivity contribution in [3.05, 3.63) is 51.4 Å². The van der Waals surface area contributed by atoms with Gasteiger partial charge in [-0.1, -0.05) is 33.2 Å². The van der Waals surface area contributed by atoms with Crippen LogP contribution in [0.5, 0.6) is 0 Å². The van der Waals surface area contributed by atoms with Gasteiger partial charge in [-0.15, -0.1) is 0 Å². The second kappa shape index (κ2) is 5.38. The van der Waals surface area contributed by atoms with Crippen LogP contribution in [0, 0.1) is 0 Å². The van der Waals surface area contributed by atoms with Gasteiger partial charge in [-0.05, 0) is 46.3 Å². The van der Waals surface area contributed by atoms with E-state index in [1.165, 1.54) is 0 Å². The van der Waals surface area contributed by atoms with Crippen LogP contribution in [0.2, 0.25) is 0 Å². The fraction of sp³-hybridized carbons (Fsp3) is 0. The van der Waals surface area contributed by atoms with Crippen LogP contribution < -0.4 is 5.73 Å². The van der Waals surface area contributed by atoms with Gasteiger partial charge >= 0.3 is 0 Å². The molecule has 0 spiro atoms. The molecule has 0 saturated carbocycles. The SMILES string of the molecule is Nc1ccc(Br)c(-c2nc(-c3cccc(Br)c3)no2)c1. The minimum atomic E-state index is 0.430. The first kappa shape index (κ1) is 13.3. The number of hydrogen-bond acceptors (Lipinski definition) is 4. The highest BCUT2D eigenvalue weighted by Gasteiger charge is 2.13. The summed E-state index contributed by atoms with van der Waals surface area (Å²) in [7, 11) is 0. The summed E-state index contributed by atoms with van der Waals surface area (Å²) in [6, 6.07) is 13.2. The van der Waals surface area contributed by atoms with Gasteiger partial charge in [0.1, 0.15) is 0 Å². The first-order valence-electron chi connectivity index (χ1n) is 5.78. The first-order chi connectivity index (χ1) is 9.63. The molecule has 20 heavy (non-hydrogen) atoms. The number of benzene rings is 2. The zero-order chi connectivity index (χ0) is 14.1. The Bertz CT molecular complexity index is 771. The van der Waals surface area contributed by atoms with Crippen LogP contribution in [-0.4, -0.2) is 10.1 Å². The van der Waals surface area contributed by atoms with Gasteiger partial charge in [0.2, 0.25) is 5.82 Å². The molecule has 0 amide bonds. The molecular formula is C14H9Br2N3O. The van der Waals surface area contributed by atoms with Crippen molar-refractivity contribution in [3.8, 4) is 22.8 Å². The van der Waals surface area contributed by atoms with Crippen molar-refractivity contribution in [2.24, 2.45) is 0 Å². The molecule has 0 atom stereocenters. The smallest absolute Gasteiger partial charge is 0.259 e. The number of hydrogen-bond donors (Lipinski definition) is 1. The summed E-state index contributed by atoms with van der Waals surface area (Å²) in [5, 5.41) is 4.01. The number of halogens is 2. The van der Waals surface area contributed by atoms with Gasteiger partial charge in [-0.25, -0.2) is 0 Å². The lowest BCUT2D eigenvalue weighted by atomic mass is 10.2. The summed E-state index contributed by atoms with van der Waals surface area (Å²) >= 11 is 6.88. The minimum Gasteiger partial charge on any atom is -0.399 e. The lowest BCUT2D eigenvalue weighted by Crippen LogP contribution is -1.87. The maximum Gasteiger partial charge on any atom is 0.259 e. The van der Waals surface area contributed by atoms with Crippen LogP contribution in [-0.2, 0) is 0 Å². The molecule has 2 N–H and O–H groups in total. The third kappa shape index (κ3) is 2.62. The van der Waals surface area contributed by atoms with Crippen LogP contribution in [0.1, 0.15) is 0 Å². The molecule has 0 saturated heterocycles. The van der Waals surface area contributed by atoms with Crippen LogP contribution >= 0.6 is 31.9 Å². The molecule has 6 heteroatoms. The van der Waals surface area contributed by atoms with Crippen molar-refractivity contribution in [1.82, 2.24) is 10.1 Å². The number of nitrogens with zero attached hydrogens (tertiary/aromatic N) is 2. The Hall–Kier alpha value is -1.66. The average molecular weight is 395 g/mol. The van der Waals surface area contributed by atoms with Crippen molar-refractivity contribution >= 4 is 37.5 Å². The fourth-order valence-electron chi connectivity index (χ4n) is 1.78. The Morgan fingerprint density at radius 3 is 2.70 bits per heavy atom. The molecule has 2 aromatic carbocycles. The third-order valence-electron chi connectivity index (χ3n) is 2.73. The molecule has 100 valence electrons. The van der Waals surface area contributed by atoms with E-state index in [2.05, 4.69) is 42.0 Å². The van der Waals surface area contributed by atoms with Gasteiger partial charge in [0.05, 0.1) is 5.56 Å². The summed E-state index contributed by atoms with van der Waals surface area (Å²) in [5.74, 6) is 0.967. The minimum absolute atomic E-state index is 0.430. The lowest BCUT2D eigenvalue weighted by Gasteiger charge is -1.99. The number of nitrogen functional groups attached to an aromatic ring is 1. The summed E-state index contributed by atoms with van der Waals surface area (Å²) in [6.45, 7) is 0. The summed E-state index contributed by atoms with van der Waals surface area (Å²) in [4.78, 5) is 4.41. The zero-order valence-electron chi connectivity index (χ0n) is 10.2. The Kier molecular flexibility index (Phi) is 3.58. The number of anilines is 1. The number of nitrogens with two attached hydrogens (primary N) is 1. The summed E-state index contributed by atoms with van der Waals surface area (Å²) in [6.07, 6.45) is 0. The van der Waals surface area contributed by atoms with Crippen molar-refractivity contribution < 1.29 is 4.52 Å². The molecule has 0 aliphatic heterocycles. The van der Waals surface area contributed by atoms with E-state index < -0.39 is 0 Å². The maximum absolute atomic E-state index is 5.79. The van der Waals surface area contributed by atoms with Crippen molar-refractivity contribution in [3.63, 3.8) is 0 Å². The van der Waals surface area contributed by atoms with E-state index in [4.69, 9.17) is 10.3 Å². The molecule has 3 rings (SSSR count). The molecule has 4 nitrogen and oxygen atoms in total. The van der Waals surface area contributed by atoms with Crippen molar-refractivity contribution in [1.29, 1.82) is 0 Å². The molecule has 0 unspecified atom stereocenters. The molecule has 0 fully saturated rings. The van der Waals surface area contributed by atoms with Crippen LogP contribution in [0.15, 0.2) is 55.9 Å². The van der Waals surface area contributed by atoms with E-state index in [0.717, 1.165) is 20.1 Å². The maximum atomic E-state index is 5.79. The van der Waals surface area contributed by atoms with E-state index in [1.54, 1.807) is 12.1 Å². The van der Waals surface area contributed by atoms with E-state index >= 15 is 0 Å². The molecular weight excluding hydrogens is 386 g/mol. The monoisotopic (exact) mass is 393 g/mol. The van der Waals surface area contributed by atoms with Gasteiger partial charge < -0.3 is 10.3 Å². The van der Waals surface area contributed by atoms with Crippen LogP contribution in [0.25, 0.3) is 22.8 Å². The topological polar surface area (TPSA) is 64.9 Å². The first-order valence-corrected chi connectivity index (χ1v) is 7.37. The van der Waals surface area contributed by atoms with Gasteiger partial charge in [0, 0.05) is 20.2 Å². The quantitative estimate of drug-likeness (QED) is 0.649. The lowest BCUT2D eigenvalue weighted by molar-refractivity contribution is 0.432. The predicted octanol–water partition coefficient (Wildman–Crippen LogP) is 4.51. The van der Waals surface area contributed by atoms with Crippen LogP contribution in [0.4, 0.5) is 5.69 Å². The van der Waals surface area contributed by atoms with E-state index in [9.17, 15) is 0 Å². The normalized spacial score (nSPS) is 10.7. The van der Waals surface area contributed by atoms with Gasteiger partial charge in [-0.3, -0.25) is 0 Å². The van der Waals surface area contributed by atoms with Crippen molar-refractivity contribution in [2.75, 3.05) is 5.73 Å². The predicted molar refractivity (Wildman–Crippen MR) is 85.0 cm³/mol. The highest BCUT2D eigenvalue weighted by atomic mass is 79.9. The Morgan fingerprint density at radius 2 is 1.90 bits per heavy atom. The fourth-order valence-corrected chi connectivity index (χ4v) is 2.60. The standard InChI is InChI=1S/C14H9Br2N3O/c15-9-3-1-2-8(6-9)13-18-14(20-19-13)11-7-10(17)4-5-12(11)16/h1-7H,17H2. The van der Waals surface area contributed by atoms with Gasteiger partial charge in [0.25, 0.3) is 5.89 Å². The van der Waals surface area contributed by atoms with E-state index in [0.29, 0.717) is 17.4 Å². The molecule has 0 aliphatic rings. The second-order valence-electron chi connectivity index (χ2n) is 4.17. The Morgan fingerprint density at radius 1 is 1.05 bits per heavy atom. The third-order valence-corrected chi connectivity index (χ3v) is 3.91. The van der Waals surface area contributed by atoms with E-state index in [1.807, 2.05) is 30.3 Å². The highest BCUT2D eigenvalue weighted by molar-refractivity contribution is 9.10. The van der Waals surface area contributed by atoms with Crippen molar-refractivity contribution in [2.45, 2.75) is 0 Å². The molecule has 0 aliphatic carbocycles. The molecule has 1 heterocycles. The summed E-state index contributed by atoms with van der Waals surface area (Å²) in [5.41, 5.74) is 8.09. The number of aromatic nitrogens is 2. The van der Waals surface area contributed by atoms with Gasteiger partial charge in [0.15, 0.2) is 0 Å². The summed E-state index contributed by atoms with van der Waals surface area (Å²) < 4.78 is 7.14.